The van der Waals surface area contributed by atoms with E-state index in [1.54, 1.807) is 0 Å². The Morgan fingerprint density at radius 3 is 2.70 bits per heavy atom. The van der Waals surface area contributed by atoms with Gasteiger partial charge in [0.1, 0.15) is 0 Å². The van der Waals surface area contributed by atoms with Gasteiger partial charge in [-0.25, -0.2) is 0 Å². The van der Waals surface area contributed by atoms with E-state index in [1.807, 2.05) is 0 Å². The summed E-state index contributed by atoms with van der Waals surface area (Å²) >= 11 is 0. The Kier molecular flexibility index (Phi) is 1.53. The number of aldehydes is 1. The number of carbonyl (C=O) groups excluding carboxylic acids is 1. The molecule has 0 aliphatic heterocycles. The zero-order valence-corrected chi connectivity index (χ0v) is 5.13. The number of aromatic nitrogens is 1. The first-order valence-corrected chi connectivity index (χ1v) is 2.67. The van der Waals surface area contributed by atoms with Crippen LogP contribution in [-0.4, -0.2) is 11.3 Å². The summed E-state index contributed by atoms with van der Waals surface area (Å²) in [5.41, 5.74) is 4.89. The predicted molar refractivity (Wildman–Crippen MR) is 36.9 cm³/mol. The van der Waals surface area contributed by atoms with Crippen molar-refractivity contribution in [1.82, 2.24) is 4.98 Å². The third-order valence-electron chi connectivity index (χ3n) is 1.13. The number of carbonyl (C=O) groups is 1. The molecule has 0 spiro atoms. The highest BCUT2D eigenvalue weighted by Gasteiger charge is 1.98. The quantitative estimate of drug-likeness (QED) is 0.526. The normalized spacial score (nSPS) is 9.20. The molecular weight excluding hydrogens is 132 g/mol. The van der Waals surface area contributed by atoms with E-state index < -0.39 is 5.43 Å². The molecule has 0 amide bonds. The number of rotatable bonds is 1. The Labute approximate surface area is 56.7 Å². The van der Waals surface area contributed by atoms with Crippen molar-refractivity contribution in [2.75, 3.05) is 5.73 Å². The van der Waals surface area contributed by atoms with E-state index in [0.29, 0.717) is 6.29 Å². The van der Waals surface area contributed by atoms with Gasteiger partial charge in [-0.3, -0.25) is 9.59 Å². The SMILES string of the molecule is Nc1c[nH]cc(C=O)c1=O. The summed E-state index contributed by atoms with van der Waals surface area (Å²) < 4.78 is 0. The largest absolute Gasteiger partial charge is 0.394 e. The topological polar surface area (TPSA) is 76.0 Å². The summed E-state index contributed by atoms with van der Waals surface area (Å²) in [7, 11) is 0. The van der Waals surface area contributed by atoms with E-state index in [2.05, 4.69) is 4.98 Å². The van der Waals surface area contributed by atoms with Gasteiger partial charge >= 0.3 is 0 Å². The second kappa shape index (κ2) is 2.34. The molecule has 0 aliphatic carbocycles. The Morgan fingerprint density at radius 1 is 1.50 bits per heavy atom. The summed E-state index contributed by atoms with van der Waals surface area (Å²) in [5.74, 6) is 0. The average molecular weight is 138 g/mol. The maximum Gasteiger partial charge on any atom is 0.214 e. The number of hydrogen-bond acceptors (Lipinski definition) is 3. The molecule has 4 heteroatoms. The third kappa shape index (κ3) is 0.907. The lowest BCUT2D eigenvalue weighted by Gasteiger charge is -1.90. The molecule has 0 saturated heterocycles. The molecular formula is C6H6N2O2. The number of aromatic amines is 1. The molecule has 0 fully saturated rings. The first-order valence-electron chi connectivity index (χ1n) is 2.67. The van der Waals surface area contributed by atoms with Gasteiger partial charge in [-0.05, 0) is 0 Å². The second-order valence-electron chi connectivity index (χ2n) is 1.81. The van der Waals surface area contributed by atoms with E-state index in [4.69, 9.17) is 5.73 Å². The van der Waals surface area contributed by atoms with Gasteiger partial charge in [0.05, 0.1) is 11.3 Å². The van der Waals surface area contributed by atoms with Gasteiger partial charge in [0.2, 0.25) is 5.43 Å². The molecule has 0 unspecified atom stereocenters. The van der Waals surface area contributed by atoms with Crippen molar-refractivity contribution in [3.05, 3.63) is 28.2 Å². The average Bonchev–Trinajstić information content (AvgIpc) is 1.95. The highest BCUT2D eigenvalue weighted by molar-refractivity contribution is 5.75. The Bertz CT molecular complexity index is 303. The molecule has 0 bridgehead atoms. The van der Waals surface area contributed by atoms with Gasteiger partial charge in [-0.1, -0.05) is 0 Å². The lowest BCUT2D eigenvalue weighted by Crippen LogP contribution is -2.12. The fraction of sp³-hybridized carbons (Fsp3) is 0. The zero-order chi connectivity index (χ0) is 7.56. The van der Waals surface area contributed by atoms with Crippen LogP contribution in [0.2, 0.25) is 0 Å². The fourth-order valence-corrected chi connectivity index (χ4v) is 0.607. The maximum absolute atomic E-state index is 10.8. The van der Waals surface area contributed by atoms with Crippen LogP contribution in [0.15, 0.2) is 17.2 Å². The number of nitrogens with two attached hydrogens (primary N) is 1. The molecule has 10 heavy (non-hydrogen) atoms. The summed E-state index contributed by atoms with van der Waals surface area (Å²) in [6, 6.07) is 0. The van der Waals surface area contributed by atoms with Crippen molar-refractivity contribution in [2.24, 2.45) is 0 Å². The molecule has 1 aromatic heterocycles. The van der Waals surface area contributed by atoms with Gasteiger partial charge in [-0.2, -0.15) is 0 Å². The minimum Gasteiger partial charge on any atom is -0.394 e. The molecule has 4 nitrogen and oxygen atoms in total. The first-order chi connectivity index (χ1) is 4.75. The number of hydrogen-bond donors (Lipinski definition) is 2. The van der Waals surface area contributed by atoms with Crippen molar-refractivity contribution in [1.29, 1.82) is 0 Å². The summed E-state index contributed by atoms with van der Waals surface area (Å²) in [5, 5.41) is 0. The number of H-pyrrole nitrogens is 1. The molecule has 1 aromatic rings. The molecule has 1 heterocycles. The van der Waals surface area contributed by atoms with Crippen LogP contribution in [0, 0.1) is 0 Å². The van der Waals surface area contributed by atoms with E-state index in [-0.39, 0.29) is 11.3 Å². The van der Waals surface area contributed by atoms with Crippen molar-refractivity contribution in [3.63, 3.8) is 0 Å². The monoisotopic (exact) mass is 138 g/mol. The van der Waals surface area contributed by atoms with Crippen LogP contribution in [0.1, 0.15) is 10.4 Å². The Balaban J connectivity index is 3.42. The maximum atomic E-state index is 10.8. The van der Waals surface area contributed by atoms with Crippen LogP contribution in [-0.2, 0) is 0 Å². The summed E-state index contributed by atoms with van der Waals surface area (Å²) in [6.45, 7) is 0. The summed E-state index contributed by atoms with van der Waals surface area (Å²) in [4.78, 5) is 23.5. The minimum absolute atomic E-state index is 0.0556. The Morgan fingerprint density at radius 2 is 2.20 bits per heavy atom. The Hall–Kier alpha value is -1.58. The molecule has 0 radical (unpaired) electrons. The first kappa shape index (κ1) is 6.54. The van der Waals surface area contributed by atoms with Gasteiger partial charge in [0.15, 0.2) is 6.29 Å². The van der Waals surface area contributed by atoms with Crippen molar-refractivity contribution in [2.45, 2.75) is 0 Å². The van der Waals surface area contributed by atoms with Crippen molar-refractivity contribution < 1.29 is 4.79 Å². The highest BCUT2D eigenvalue weighted by Crippen LogP contribution is 1.89. The lowest BCUT2D eigenvalue weighted by molar-refractivity contribution is 0.112. The van der Waals surface area contributed by atoms with Crippen LogP contribution in [0.25, 0.3) is 0 Å². The zero-order valence-electron chi connectivity index (χ0n) is 5.13. The van der Waals surface area contributed by atoms with E-state index in [1.165, 1.54) is 12.4 Å². The predicted octanol–water partition coefficient (Wildman–Crippen LogP) is -0.230. The van der Waals surface area contributed by atoms with E-state index in [0.717, 1.165) is 0 Å². The molecule has 0 aliphatic rings. The molecule has 0 saturated carbocycles. The second-order valence-corrected chi connectivity index (χ2v) is 1.81. The number of anilines is 1. The minimum atomic E-state index is -0.422. The number of pyridine rings is 1. The van der Waals surface area contributed by atoms with E-state index >= 15 is 0 Å². The van der Waals surface area contributed by atoms with E-state index in [9.17, 15) is 9.59 Å². The van der Waals surface area contributed by atoms with Gasteiger partial charge < -0.3 is 10.7 Å². The van der Waals surface area contributed by atoms with Crippen LogP contribution >= 0.6 is 0 Å². The number of nitrogens with one attached hydrogen (secondary N) is 1. The third-order valence-corrected chi connectivity index (χ3v) is 1.13. The molecule has 0 aromatic carbocycles. The van der Waals surface area contributed by atoms with Crippen LogP contribution < -0.4 is 11.2 Å². The number of nitrogen functional groups attached to an aromatic ring is 1. The lowest BCUT2D eigenvalue weighted by atomic mass is 10.3. The molecule has 1 rings (SSSR count). The van der Waals surface area contributed by atoms with Gasteiger partial charge in [0, 0.05) is 12.4 Å². The summed E-state index contributed by atoms with van der Waals surface area (Å²) in [6.07, 6.45) is 3.12. The molecule has 52 valence electrons. The van der Waals surface area contributed by atoms with Crippen molar-refractivity contribution >= 4 is 12.0 Å². The van der Waals surface area contributed by atoms with Crippen LogP contribution in [0.3, 0.4) is 0 Å². The van der Waals surface area contributed by atoms with Crippen LogP contribution in [0.4, 0.5) is 5.69 Å². The molecule has 3 N–H and O–H groups in total. The molecule has 0 atom stereocenters. The highest BCUT2D eigenvalue weighted by atomic mass is 16.1. The van der Waals surface area contributed by atoms with Gasteiger partial charge in [0.25, 0.3) is 0 Å². The van der Waals surface area contributed by atoms with Crippen LogP contribution in [0.5, 0.6) is 0 Å². The standard InChI is InChI=1S/C6H6N2O2/c7-5-2-8-1-4(3-9)6(5)10/h1-3H,7H2,(H,8,10). The van der Waals surface area contributed by atoms with Gasteiger partial charge in [-0.15, -0.1) is 0 Å². The smallest absolute Gasteiger partial charge is 0.214 e. The fourth-order valence-electron chi connectivity index (χ4n) is 0.607. The van der Waals surface area contributed by atoms with Crippen molar-refractivity contribution in [3.8, 4) is 0 Å².